The minimum absolute atomic E-state index is 0.198. The van der Waals surface area contributed by atoms with Crippen LogP contribution in [0.4, 0.5) is 0 Å². The molecule has 0 aromatic heterocycles. The summed E-state index contributed by atoms with van der Waals surface area (Å²) in [7, 11) is -1.49. The van der Waals surface area contributed by atoms with E-state index in [0.717, 1.165) is 19.5 Å². The predicted molar refractivity (Wildman–Crippen MR) is 87.9 cm³/mol. The van der Waals surface area contributed by atoms with Crippen LogP contribution in [0.5, 0.6) is 0 Å². The van der Waals surface area contributed by atoms with E-state index in [2.05, 4.69) is 9.62 Å². The van der Waals surface area contributed by atoms with Crippen LogP contribution in [-0.4, -0.2) is 45.0 Å². The van der Waals surface area contributed by atoms with Crippen molar-refractivity contribution in [2.75, 3.05) is 26.7 Å². The Morgan fingerprint density at radius 1 is 1.52 bits per heavy atom. The molecule has 1 heterocycles. The molecule has 1 saturated heterocycles. The summed E-state index contributed by atoms with van der Waals surface area (Å²) in [5.41, 5.74) is 6.83. The van der Waals surface area contributed by atoms with Crippen molar-refractivity contribution in [3.8, 4) is 0 Å². The van der Waals surface area contributed by atoms with Crippen LogP contribution in [0.3, 0.4) is 0 Å². The number of hydrogen-bond acceptors (Lipinski definition) is 4. The van der Waals surface area contributed by atoms with Crippen LogP contribution < -0.4 is 10.5 Å². The zero-order chi connectivity index (χ0) is 15.6. The molecular formula is C14H21N3O2S2. The van der Waals surface area contributed by atoms with E-state index in [4.69, 9.17) is 18.0 Å². The third-order valence-electron chi connectivity index (χ3n) is 3.81. The molecule has 7 heteroatoms. The third kappa shape index (κ3) is 4.00. The first kappa shape index (κ1) is 16.4. The van der Waals surface area contributed by atoms with Crippen molar-refractivity contribution in [1.29, 1.82) is 0 Å². The Bertz CT molecular complexity index is 644. The molecule has 0 amide bonds. The maximum Gasteiger partial charge on any atom is 0.240 e. The molecule has 0 radical (unpaired) electrons. The number of hydrogen-bond donors (Lipinski definition) is 2. The summed E-state index contributed by atoms with van der Waals surface area (Å²) in [5.74, 6) is 0.365. The molecule has 3 N–H and O–H groups in total. The fourth-order valence-electron chi connectivity index (χ4n) is 2.54. The van der Waals surface area contributed by atoms with Gasteiger partial charge in [-0.2, -0.15) is 0 Å². The number of nitrogens with two attached hydrogens (primary N) is 1. The Labute approximate surface area is 131 Å². The van der Waals surface area contributed by atoms with Gasteiger partial charge in [-0.15, -0.1) is 0 Å². The molecule has 0 bridgehead atoms. The van der Waals surface area contributed by atoms with E-state index in [1.54, 1.807) is 25.1 Å². The fourth-order valence-corrected chi connectivity index (χ4v) is 4.05. The lowest BCUT2D eigenvalue weighted by Gasteiger charge is -2.14. The molecular weight excluding hydrogens is 306 g/mol. The molecule has 0 spiro atoms. The molecule has 1 aromatic carbocycles. The molecule has 5 nitrogen and oxygen atoms in total. The lowest BCUT2D eigenvalue weighted by molar-refractivity contribution is 0.394. The summed E-state index contributed by atoms with van der Waals surface area (Å²) in [4.78, 5) is 2.65. The molecule has 2 rings (SSSR count). The molecule has 1 aliphatic rings. The number of benzene rings is 1. The van der Waals surface area contributed by atoms with Crippen molar-refractivity contribution in [3.63, 3.8) is 0 Å². The quantitative estimate of drug-likeness (QED) is 0.785. The van der Waals surface area contributed by atoms with Crippen LogP contribution >= 0.6 is 12.2 Å². The summed E-state index contributed by atoms with van der Waals surface area (Å²) < 4.78 is 27.6. The number of thiocarbonyl (C=S) groups is 1. The van der Waals surface area contributed by atoms with Crippen LogP contribution in [0, 0.1) is 12.8 Å². The zero-order valence-electron chi connectivity index (χ0n) is 12.3. The van der Waals surface area contributed by atoms with Gasteiger partial charge in [-0.3, -0.25) is 0 Å². The highest BCUT2D eigenvalue weighted by Crippen LogP contribution is 2.19. The minimum atomic E-state index is -3.54. The highest BCUT2D eigenvalue weighted by molar-refractivity contribution is 7.89. The Balaban J connectivity index is 2.15. The van der Waals surface area contributed by atoms with E-state index in [1.165, 1.54) is 0 Å². The zero-order valence-corrected chi connectivity index (χ0v) is 13.9. The number of likely N-dealkylation sites (tertiary alicyclic amines) is 1. The highest BCUT2D eigenvalue weighted by Gasteiger charge is 2.23. The van der Waals surface area contributed by atoms with Gasteiger partial charge in [0, 0.05) is 18.7 Å². The number of nitrogens with zero attached hydrogens (tertiary/aromatic N) is 1. The van der Waals surface area contributed by atoms with Gasteiger partial charge in [0.25, 0.3) is 0 Å². The van der Waals surface area contributed by atoms with Crippen LogP contribution in [0.25, 0.3) is 0 Å². The van der Waals surface area contributed by atoms with Gasteiger partial charge < -0.3 is 10.6 Å². The van der Waals surface area contributed by atoms with E-state index in [0.29, 0.717) is 23.6 Å². The van der Waals surface area contributed by atoms with Gasteiger partial charge >= 0.3 is 0 Å². The predicted octanol–water partition coefficient (Wildman–Crippen LogP) is 0.859. The van der Waals surface area contributed by atoms with Crippen LogP contribution in [0.15, 0.2) is 23.1 Å². The van der Waals surface area contributed by atoms with Gasteiger partial charge in [-0.25, -0.2) is 13.1 Å². The molecule has 0 aliphatic carbocycles. The van der Waals surface area contributed by atoms with Gasteiger partial charge in [0.2, 0.25) is 10.0 Å². The van der Waals surface area contributed by atoms with Crippen LogP contribution in [-0.2, 0) is 10.0 Å². The van der Waals surface area contributed by atoms with Crippen LogP contribution in [0.2, 0.25) is 0 Å². The number of sulfonamides is 1. The van der Waals surface area contributed by atoms with Gasteiger partial charge in [0.1, 0.15) is 4.99 Å². The first-order valence-corrected chi connectivity index (χ1v) is 8.77. The van der Waals surface area contributed by atoms with Gasteiger partial charge in [-0.05, 0) is 44.5 Å². The molecule has 21 heavy (non-hydrogen) atoms. The largest absolute Gasteiger partial charge is 0.389 e. The van der Waals surface area contributed by atoms with Crippen molar-refractivity contribution in [2.45, 2.75) is 18.2 Å². The summed E-state index contributed by atoms with van der Waals surface area (Å²) >= 11 is 4.91. The monoisotopic (exact) mass is 327 g/mol. The van der Waals surface area contributed by atoms with Crippen molar-refractivity contribution in [2.24, 2.45) is 11.7 Å². The maximum absolute atomic E-state index is 12.5. The van der Waals surface area contributed by atoms with Gasteiger partial charge in [-0.1, -0.05) is 24.4 Å². The minimum Gasteiger partial charge on any atom is -0.389 e. The summed E-state index contributed by atoms with van der Waals surface area (Å²) in [5, 5.41) is 0. The van der Waals surface area contributed by atoms with E-state index in [-0.39, 0.29) is 9.88 Å². The summed E-state index contributed by atoms with van der Waals surface area (Å²) in [6, 6.07) is 5.01. The normalized spacial score (nSPS) is 19.8. The molecule has 1 atom stereocenters. The van der Waals surface area contributed by atoms with Crippen molar-refractivity contribution in [3.05, 3.63) is 29.3 Å². The van der Waals surface area contributed by atoms with E-state index < -0.39 is 10.0 Å². The molecule has 1 unspecified atom stereocenters. The smallest absolute Gasteiger partial charge is 0.240 e. The number of nitrogens with one attached hydrogen (secondary N) is 1. The second kappa shape index (κ2) is 6.39. The second-order valence-electron chi connectivity index (χ2n) is 5.61. The van der Waals surface area contributed by atoms with E-state index in [9.17, 15) is 8.42 Å². The highest BCUT2D eigenvalue weighted by atomic mass is 32.2. The topological polar surface area (TPSA) is 75.4 Å². The number of rotatable bonds is 5. The Kier molecular flexibility index (Phi) is 4.98. The maximum atomic E-state index is 12.5. The third-order valence-corrected chi connectivity index (χ3v) is 5.61. The molecule has 0 saturated carbocycles. The van der Waals surface area contributed by atoms with E-state index >= 15 is 0 Å². The standard InChI is InChI=1S/C14H21N3O2S2/c1-10-3-4-12(14(15)20)7-13(10)21(18,19)16-8-11-5-6-17(2)9-11/h3-4,7,11,16H,5-6,8-9H2,1-2H3,(H2,15,20). The first-order valence-electron chi connectivity index (χ1n) is 6.88. The van der Waals surface area contributed by atoms with Crippen LogP contribution in [0.1, 0.15) is 17.5 Å². The Morgan fingerprint density at radius 3 is 2.81 bits per heavy atom. The lowest BCUT2D eigenvalue weighted by atomic mass is 10.1. The SMILES string of the molecule is Cc1ccc(C(N)=S)cc1S(=O)(=O)NCC1CCN(C)C1. The van der Waals surface area contributed by atoms with Gasteiger partial charge in [0.15, 0.2) is 0 Å². The summed E-state index contributed by atoms with van der Waals surface area (Å²) in [6.07, 6.45) is 1.02. The van der Waals surface area contributed by atoms with Crippen molar-refractivity contribution < 1.29 is 8.42 Å². The van der Waals surface area contributed by atoms with Crippen molar-refractivity contribution in [1.82, 2.24) is 9.62 Å². The number of aryl methyl sites for hydroxylation is 1. The van der Waals surface area contributed by atoms with Gasteiger partial charge in [0.05, 0.1) is 4.90 Å². The first-order chi connectivity index (χ1) is 9.79. The Hall–Kier alpha value is -1.02. The molecule has 1 aliphatic heterocycles. The molecule has 116 valence electrons. The lowest BCUT2D eigenvalue weighted by Crippen LogP contribution is -2.31. The van der Waals surface area contributed by atoms with E-state index in [1.807, 2.05) is 7.05 Å². The average molecular weight is 327 g/mol. The fraction of sp³-hybridized carbons (Fsp3) is 0.500. The Morgan fingerprint density at radius 2 is 2.24 bits per heavy atom. The summed E-state index contributed by atoms with van der Waals surface area (Å²) in [6.45, 7) is 4.17. The second-order valence-corrected chi connectivity index (χ2v) is 7.79. The molecule has 1 fully saturated rings. The molecule has 1 aromatic rings. The van der Waals surface area contributed by atoms with Crippen molar-refractivity contribution >= 4 is 27.2 Å². The average Bonchev–Trinajstić information content (AvgIpc) is 2.82.